The lowest BCUT2D eigenvalue weighted by molar-refractivity contribution is -0.274. The van der Waals surface area contributed by atoms with E-state index in [0.29, 0.717) is 10.2 Å². The van der Waals surface area contributed by atoms with Crippen molar-refractivity contribution in [1.82, 2.24) is 4.98 Å². The fraction of sp³-hybridized carbons (Fsp3) is 0.308. The van der Waals surface area contributed by atoms with Crippen molar-refractivity contribution in [2.24, 2.45) is 5.73 Å². The SMILES string of the molecule is N[C@@H](CCC(=O)O)C(=O)Nc1nc2ccc(OC(F)(F)F)cc2s1. The lowest BCUT2D eigenvalue weighted by atomic mass is 10.1. The van der Waals surface area contributed by atoms with Crippen LogP contribution in [-0.2, 0) is 9.59 Å². The molecule has 0 spiro atoms. The maximum atomic E-state index is 12.2. The van der Waals surface area contributed by atoms with E-state index in [-0.39, 0.29) is 18.0 Å². The third kappa shape index (κ3) is 5.06. The lowest BCUT2D eigenvalue weighted by Gasteiger charge is -2.08. The van der Waals surface area contributed by atoms with Crippen molar-refractivity contribution in [1.29, 1.82) is 0 Å². The van der Waals surface area contributed by atoms with E-state index in [4.69, 9.17) is 10.8 Å². The number of aromatic nitrogens is 1. The van der Waals surface area contributed by atoms with Crippen molar-refractivity contribution in [2.45, 2.75) is 25.2 Å². The molecule has 0 unspecified atom stereocenters. The molecule has 0 saturated carbocycles. The minimum absolute atomic E-state index is 0.0460. The van der Waals surface area contributed by atoms with E-state index in [0.717, 1.165) is 23.5 Å². The number of aliphatic carboxylic acids is 1. The van der Waals surface area contributed by atoms with Crippen molar-refractivity contribution in [3.8, 4) is 5.75 Å². The standard InChI is InChI=1S/C13H12F3N3O4S/c14-13(15,16)23-6-1-3-8-9(5-6)24-12(18-8)19-11(22)7(17)2-4-10(20)21/h1,3,5,7H,2,4,17H2,(H,20,21)(H,18,19,22)/t7-/m0/s1. The van der Waals surface area contributed by atoms with Crippen molar-refractivity contribution in [3.63, 3.8) is 0 Å². The van der Waals surface area contributed by atoms with E-state index in [9.17, 15) is 22.8 Å². The normalized spacial score (nSPS) is 12.8. The number of nitrogens with two attached hydrogens (primary N) is 1. The van der Waals surface area contributed by atoms with Crippen LogP contribution >= 0.6 is 11.3 Å². The van der Waals surface area contributed by atoms with Crippen LogP contribution in [0.3, 0.4) is 0 Å². The van der Waals surface area contributed by atoms with Crippen LogP contribution in [0.2, 0.25) is 0 Å². The molecule has 1 aromatic heterocycles. The number of carboxylic acids is 1. The third-order valence-electron chi connectivity index (χ3n) is 2.83. The van der Waals surface area contributed by atoms with E-state index >= 15 is 0 Å². The minimum atomic E-state index is -4.80. The molecule has 0 radical (unpaired) electrons. The zero-order valence-corrected chi connectivity index (χ0v) is 12.8. The molecule has 0 saturated heterocycles. The molecule has 4 N–H and O–H groups in total. The van der Waals surface area contributed by atoms with Crippen LogP contribution in [0.25, 0.3) is 10.2 Å². The summed E-state index contributed by atoms with van der Waals surface area (Å²) in [6.07, 6.45) is -5.10. The number of hydrogen-bond donors (Lipinski definition) is 3. The smallest absolute Gasteiger partial charge is 0.481 e. The van der Waals surface area contributed by atoms with Gasteiger partial charge in [0, 0.05) is 12.5 Å². The molecule has 1 aromatic carbocycles. The number of rotatable bonds is 6. The molecule has 0 aliphatic heterocycles. The van der Waals surface area contributed by atoms with Crippen LogP contribution in [0.4, 0.5) is 18.3 Å². The second-order valence-electron chi connectivity index (χ2n) is 4.72. The number of benzene rings is 1. The highest BCUT2D eigenvalue weighted by Crippen LogP contribution is 2.31. The number of carboxylic acid groups (broad SMARTS) is 1. The highest BCUT2D eigenvalue weighted by atomic mass is 32.1. The van der Waals surface area contributed by atoms with Crippen molar-refractivity contribution < 1.29 is 32.6 Å². The van der Waals surface area contributed by atoms with Gasteiger partial charge < -0.3 is 20.9 Å². The average molecular weight is 363 g/mol. The van der Waals surface area contributed by atoms with Crippen LogP contribution in [0, 0.1) is 0 Å². The summed E-state index contributed by atoms with van der Waals surface area (Å²) >= 11 is 0.945. The summed E-state index contributed by atoms with van der Waals surface area (Å²) in [4.78, 5) is 26.3. The Labute approximate surface area is 137 Å². The van der Waals surface area contributed by atoms with Gasteiger partial charge in [-0.3, -0.25) is 9.59 Å². The molecule has 0 bridgehead atoms. The van der Waals surface area contributed by atoms with Crippen LogP contribution in [-0.4, -0.2) is 34.4 Å². The number of nitrogens with zero attached hydrogens (tertiary/aromatic N) is 1. The quantitative estimate of drug-likeness (QED) is 0.726. The molecule has 7 nitrogen and oxygen atoms in total. The molecule has 2 aromatic rings. The average Bonchev–Trinajstić information content (AvgIpc) is 2.84. The summed E-state index contributed by atoms with van der Waals surface area (Å²) in [6.45, 7) is 0. The van der Waals surface area contributed by atoms with Gasteiger partial charge in [0.15, 0.2) is 5.13 Å². The first-order valence-corrected chi connectivity index (χ1v) is 7.40. The highest BCUT2D eigenvalue weighted by molar-refractivity contribution is 7.22. The molecule has 2 rings (SSSR count). The molecule has 0 fully saturated rings. The molecule has 0 aliphatic rings. The Morgan fingerprint density at radius 2 is 2.12 bits per heavy atom. The van der Waals surface area contributed by atoms with Crippen LogP contribution < -0.4 is 15.8 Å². The lowest BCUT2D eigenvalue weighted by Crippen LogP contribution is -2.35. The minimum Gasteiger partial charge on any atom is -0.481 e. The van der Waals surface area contributed by atoms with E-state index in [2.05, 4.69) is 15.0 Å². The Bertz CT molecular complexity index is 762. The fourth-order valence-electron chi connectivity index (χ4n) is 1.76. The van der Waals surface area contributed by atoms with Crippen molar-refractivity contribution in [2.75, 3.05) is 5.32 Å². The van der Waals surface area contributed by atoms with Crippen LogP contribution in [0.15, 0.2) is 18.2 Å². The number of fused-ring (bicyclic) bond motifs is 1. The summed E-state index contributed by atoms with van der Waals surface area (Å²) in [5.41, 5.74) is 5.94. The first-order valence-electron chi connectivity index (χ1n) is 6.58. The van der Waals surface area contributed by atoms with Gasteiger partial charge in [-0.05, 0) is 18.6 Å². The number of ether oxygens (including phenoxy) is 1. The topological polar surface area (TPSA) is 115 Å². The highest BCUT2D eigenvalue weighted by Gasteiger charge is 2.31. The molecule has 1 atom stereocenters. The Kier molecular flexibility index (Phi) is 5.24. The fourth-order valence-corrected chi connectivity index (χ4v) is 2.66. The second-order valence-corrected chi connectivity index (χ2v) is 5.76. The first kappa shape index (κ1) is 17.9. The Balaban J connectivity index is 2.07. The first-order chi connectivity index (χ1) is 11.1. The molecule has 1 heterocycles. The summed E-state index contributed by atoms with van der Waals surface area (Å²) in [6, 6.07) is 2.56. The summed E-state index contributed by atoms with van der Waals surface area (Å²) < 4.78 is 40.8. The monoisotopic (exact) mass is 363 g/mol. The van der Waals surface area contributed by atoms with E-state index in [1.54, 1.807) is 0 Å². The zero-order valence-electron chi connectivity index (χ0n) is 12.0. The van der Waals surface area contributed by atoms with Crippen molar-refractivity contribution >= 4 is 38.6 Å². The maximum Gasteiger partial charge on any atom is 0.573 e. The number of nitrogens with one attached hydrogen (secondary N) is 1. The van der Waals surface area contributed by atoms with E-state index < -0.39 is 30.0 Å². The van der Waals surface area contributed by atoms with Gasteiger partial charge in [0.1, 0.15) is 5.75 Å². The van der Waals surface area contributed by atoms with Gasteiger partial charge in [0.25, 0.3) is 0 Å². The number of anilines is 1. The molecular formula is C13H12F3N3O4S. The van der Waals surface area contributed by atoms with Gasteiger partial charge in [-0.15, -0.1) is 13.2 Å². The van der Waals surface area contributed by atoms with E-state index in [1.165, 1.54) is 6.07 Å². The molecule has 130 valence electrons. The number of amides is 1. The zero-order chi connectivity index (χ0) is 17.9. The number of halogens is 3. The van der Waals surface area contributed by atoms with Gasteiger partial charge in [0.05, 0.1) is 16.3 Å². The summed E-state index contributed by atoms with van der Waals surface area (Å²) in [5.74, 6) is -2.09. The van der Waals surface area contributed by atoms with Crippen LogP contribution in [0.5, 0.6) is 5.75 Å². The predicted molar refractivity (Wildman–Crippen MR) is 79.8 cm³/mol. The summed E-state index contributed by atoms with van der Waals surface area (Å²) in [7, 11) is 0. The third-order valence-corrected chi connectivity index (χ3v) is 3.76. The predicted octanol–water partition coefficient (Wildman–Crippen LogP) is 2.33. The number of carbonyl (C=O) groups is 2. The second kappa shape index (κ2) is 7.01. The number of thiazole rings is 1. The van der Waals surface area contributed by atoms with Gasteiger partial charge in [0.2, 0.25) is 5.91 Å². The molecular weight excluding hydrogens is 351 g/mol. The van der Waals surface area contributed by atoms with Gasteiger partial charge in [-0.1, -0.05) is 11.3 Å². The van der Waals surface area contributed by atoms with Gasteiger partial charge in [-0.2, -0.15) is 0 Å². The number of alkyl halides is 3. The number of hydrogen-bond acceptors (Lipinski definition) is 6. The number of carbonyl (C=O) groups excluding carboxylic acids is 1. The Morgan fingerprint density at radius 1 is 1.42 bits per heavy atom. The van der Waals surface area contributed by atoms with Crippen molar-refractivity contribution in [3.05, 3.63) is 18.2 Å². The van der Waals surface area contributed by atoms with E-state index in [1.807, 2.05) is 0 Å². The van der Waals surface area contributed by atoms with Gasteiger partial charge in [-0.25, -0.2) is 4.98 Å². The molecule has 1 amide bonds. The van der Waals surface area contributed by atoms with Crippen LogP contribution in [0.1, 0.15) is 12.8 Å². The Morgan fingerprint density at radius 3 is 2.75 bits per heavy atom. The Hall–Kier alpha value is -2.40. The summed E-state index contributed by atoms with van der Waals surface area (Å²) in [5, 5.41) is 11.1. The van der Waals surface area contributed by atoms with Gasteiger partial charge >= 0.3 is 12.3 Å². The molecule has 0 aliphatic carbocycles. The molecule has 24 heavy (non-hydrogen) atoms. The molecule has 11 heteroatoms. The maximum absolute atomic E-state index is 12.2. The largest absolute Gasteiger partial charge is 0.573 e.